The SMILES string of the molecule is CCN(Cc1cccs1)C(=O)c1cc(N)nc(Cl)c1. The van der Waals surface area contributed by atoms with Crippen LogP contribution in [0.15, 0.2) is 29.6 Å². The molecule has 0 spiro atoms. The van der Waals surface area contributed by atoms with E-state index in [1.165, 1.54) is 6.07 Å². The highest BCUT2D eigenvalue weighted by Crippen LogP contribution is 2.17. The molecule has 0 fully saturated rings. The summed E-state index contributed by atoms with van der Waals surface area (Å²) in [6.45, 7) is 3.15. The normalized spacial score (nSPS) is 10.4. The Morgan fingerprint density at radius 1 is 1.53 bits per heavy atom. The number of aromatic nitrogens is 1. The number of amides is 1. The number of nitrogens with zero attached hydrogens (tertiary/aromatic N) is 2. The molecule has 0 unspecified atom stereocenters. The summed E-state index contributed by atoms with van der Waals surface area (Å²) in [6, 6.07) is 7.07. The highest BCUT2D eigenvalue weighted by atomic mass is 35.5. The number of rotatable bonds is 4. The number of thiophene rings is 1. The third kappa shape index (κ3) is 3.45. The molecule has 100 valence electrons. The van der Waals surface area contributed by atoms with Crippen molar-refractivity contribution in [3.63, 3.8) is 0 Å². The van der Waals surface area contributed by atoms with Crippen LogP contribution >= 0.6 is 22.9 Å². The van der Waals surface area contributed by atoms with Gasteiger partial charge >= 0.3 is 0 Å². The van der Waals surface area contributed by atoms with Crippen LogP contribution in [0.2, 0.25) is 5.15 Å². The van der Waals surface area contributed by atoms with Gasteiger partial charge in [0.15, 0.2) is 0 Å². The van der Waals surface area contributed by atoms with Gasteiger partial charge in [-0.2, -0.15) is 0 Å². The Labute approximate surface area is 120 Å². The maximum Gasteiger partial charge on any atom is 0.254 e. The fraction of sp³-hybridized carbons (Fsp3) is 0.231. The van der Waals surface area contributed by atoms with Crippen molar-refractivity contribution in [3.05, 3.63) is 45.2 Å². The molecule has 2 rings (SSSR count). The topological polar surface area (TPSA) is 59.2 Å². The number of pyridine rings is 1. The molecule has 0 atom stereocenters. The Balaban J connectivity index is 2.20. The van der Waals surface area contributed by atoms with Gasteiger partial charge in [-0.25, -0.2) is 4.98 Å². The van der Waals surface area contributed by atoms with E-state index in [9.17, 15) is 4.79 Å². The zero-order valence-electron chi connectivity index (χ0n) is 10.5. The summed E-state index contributed by atoms with van der Waals surface area (Å²) >= 11 is 7.45. The fourth-order valence-corrected chi connectivity index (χ4v) is 2.68. The lowest BCUT2D eigenvalue weighted by atomic mass is 10.2. The van der Waals surface area contributed by atoms with Crippen LogP contribution in [-0.2, 0) is 6.54 Å². The van der Waals surface area contributed by atoms with Gasteiger partial charge in [-0.1, -0.05) is 17.7 Å². The van der Waals surface area contributed by atoms with Gasteiger partial charge in [0, 0.05) is 17.0 Å². The van der Waals surface area contributed by atoms with E-state index >= 15 is 0 Å². The molecule has 1 amide bonds. The molecule has 0 aliphatic rings. The molecular weight excluding hydrogens is 282 g/mol. The van der Waals surface area contributed by atoms with E-state index in [1.54, 1.807) is 22.3 Å². The predicted octanol–water partition coefficient (Wildman–Crippen LogP) is 3.04. The van der Waals surface area contributed by atoms with Gasteiger partial charge in [0.2, 0.25) is 0 Å². The quantitative estimate of drug-likeness (QED) is 0.882. The van der Waals surface area contributed by atoms with Crippen LogP contribution in [0.4, 0.5) is 5.82 Å². The number of anilines is 1. The largest absolute Gasteiger partial charge is 0.384 e. The van der Waals surface area contributed by atoms with Gasteiger partial charge in [-0.3, -0.25) is 4.79 Å². The molecular formula is C13H14ClN3OS. The summed E-state index contributed by atoms with van der Waals surface area (Å²) < 4.78 is 0. The third-order valence-corrected chi connectivity index (χ3v) is 3.71. The zero-order chi connectivity index (χ0) is 13.8. The number of hydrogen-bond donors (Lipinski definition) is 1. The molecule has 2 aromatic rings. The van der Waals surface area contributed by atoms with Gasteiger partial charge in [0.05, 0.1) is 6.54 Å². The Kier molecular flexibility index (Phi) is 4.39. The van der Waals surface area contributed by atoms with E-state index in [4.69, 9.17) is 17.3 Å². The smallest absolute Gasteiger partial charge is 0.254 e. The van der Waals surface area contributed by atoms with E-state index in [-0.39, 0.29) is 16.9 Å². The Morgan fingerprint density at radius 3 is 2.89 bits per heavy atom. The van der Waals surface area contributed by atoms with Crippen LogP contribution in [0.3, 0.4) is 0 Å². The molecule has 0 aliphatic heterocycles. The number of halogens is 1. The highest BCUT2D eigenvalue weighted by molar-refractivity contribution is 7.09. The van der Waals surface area contributed by atoms with Gasteiger partial charge < -0.3 is 10.6 Å². The minimum absolute atomic E-state index is 0.0908. The fourth-order valence-electron chi connectivity index (χ4n) is 1.74. The Bertz CT molecular complexity index is 551. The first-order chi connectivity index (χ1) is 9.10. The summed E-state index contributed by atoms with van der Waals surface area (Å²) in [4.78, 5) is 19.1. The van der Waals surface area contributed by atoms with Crippen molar-refractivity contribution in [2.45, 2.75) is 13.5 Å². The lowest BCUT2D eigenvalue weighted by Gasteiger charge is -2.20. The second-order valence-corrected chi connectivity index (χ2v) is 5.42. The first-order valence-corrected chi connectivity index (χ1v) is 7.10. The maximum absolute atomic E-state index is 12.4. The van der Waals surface area contributed by atoms with Crippen molar-refractivity contribution in [2.75, 3.05) is 12.3 Å². The predicted molar refractivity (Wildman–Crippen MR) is 78.4 cm³/mol. The molecule has 2 heterocycles. The van der Waals surface area contributed by atoms with Crippen molar-refractivity contribution in [3.8, 4) is 0 Å². The van der Waals surface area contributed by atoms with Gasteiger partial charge in [-0.15, -0.1) is 11.3 Å². The molecule has 2 N–H and O–H groups in total. The van der Waals surface area contributed by atoms with Crippen LogP contribution in [0.1, 0.15) is 22.2 Å². The van der Waals surface area contributed by atoms with E-state index in [2.05, 4.69) is 4.98 Å². The summed E-state index contributed by atoms with van der Waals surface area (Å²) in [5, 5.41) is 2.23. The first kappa shape index (κ1) is 13.8. The number of carbonyl (C=O) groups excluding carboxylic acids is 1. The Morgan fingerprint density at radius 2 is 2.32 bits per heavy atom. The second-order valence-electron chi connectivity index (χ2n) is 4.00. The van der Waals surface area contributed by atoms with E-state index in [0.29, 0.717) is 18.7 Å². The zero-order valence-corrected chi connectivity index (χ0v) is 12.0. The van der Waals surface area contributed by atoms with Crippen molar-refractivity contribution < 1.29 is 4.79 Å². The number of nitrogens with two attached hydrogens (primary N) is 1. The lowest BCUT2D eigenvalue weighted by molar-refractivity contribution is 0.0754. The minimum Gasteiger partial charge on any atom is -0.384 e. The minimum atomic E-state index is -0.0908. The molecule has 0 bridgehead atoms. The van der Waals surface area contributed by atoms with Crippen LogP contribution in [-0.4, -0.2) is 22.3 Å². The van der Waals surface area contributed by atoms with E-state index in [1.807, 2.05) is 24.4 Å². The number of nitrogen functional groups attached to an aromatic ring is 1. The van der Waals surface area contributed by atoms with Crippen LogP contribution < -0.4 is 5.73 Å². The summed E-state index contributed by atoms with van der Waals surface area (Å²) in [7, 11) is 0. The van der Waals surface area contributed by atoms with Crippen LogP contribution in [0.25, 0.3) is 0 Å². The highest BCUT2D eigenvalue weighted by Gasteiger charge is 2.16. The van der Waals surface area contributed by atoms with Crippen molar-refractivity contribution in [1.82, 2.24) is 9.88 Å². The van der Waals surface area contributed by atoms with Gasteiger partial charge in [-0.05, 0) is 30.5 Å². The average molecular weight is 296 g/mol. The summed E-state index contributed by atoms with van der Waals surface area (Å²) in [6.07, 6.45) is 0. The van der Waals surface area contributed by atoms with Crippen LogP contribution in [0.5, 0.6) is 0 Å². The van der Waals surface area contributed by atoms with E-state index in [0.717, 1.165) is 4.88 Å². The van der Waals surface area contributed by atoms with Crippen molar-refractivity contribution >= 4 is 34.7 Å². The first-order valence-electron chi connectivity index (χ1n) is 5.85. The molecule has 0 aromatic carbocycles. The molecule has 6 heteroatoms. The van der Waals surface area contributed by atoms with Gasteiger partial charge in [0.1, 0.15) is 11.0 Å². The summed E-state index contributed by atoms with van der Waals surface area (Å²) in [5.41, 5.74) is 6.08. The third-order valence-electron chi connectivity index (χ3n) is 2.66. The standard InChI is InChI=1S/C13H14ClN3OS/c1-2-17(8-10-4-3-5-19-10)13(18)9-6-11(14)16-12(15)7-9/h3-7H,2,8H2,1H3,(H2,15,16). The molecule has 19 heavy (non-hydrogen) atoms. The average Bonchev–Trinajstić information content (AvgIpc) is 2.86. The van der Waals surface area contributed by atoms with Crippen molar-refractivity contribution in [2.24, 2.45) is 0 Å². The lowest BCUT2D eigenvalue weighted by Crippen LogP contribution is -2.30. The van der Waals surface area contributed by atoms with E-state index < -0.39 is 0 Å². The molecule has 4 nitrogen and oxygen atoms in total. The molecule has 2 aromatic heterocycles. The number of carbonyl (C=O) groups is 1. The molecule has 0 radical (unpaired) electrons. The number of hydrogen-bond acceptors (Lipinski definition) is 4. The Hall–Kier alpha value is -1.59. The monoisotopic (exact) mass is 295 g/mol. The molecule has 0 saturated carbocycles. The summed E-state index contributed by atoms with van der Waals surface area (Å²) in [5.74, 6) is 0.162. The van der Waals surface area contributed by atoms with Crippen LogP contribution in [0, 0.1) is 0 Å². The van der Waals surface area contributed by atoms with Crippen molar-refractivity contribution in [1.29, 1.82) is 0 Å². The molecule has 0 aliphatic carbocycles. The maximum atomic E-state index is 12.4. The van der Waals surface area contributed by atoms with Gasteiger partial charge in [0.25, 0.3) is 5.91 Å². The molecule has 0 saturated heterocycles. The second kappa shape index (κ2) is 6.04.